The number of aromatic nitrogens is 2. The Morgan fingerprint density at radius 2 is 1.97 bits per heavy atom. The van der Waals surface area contributed by atoms with E-state index in [1.54, 1.807) is 51.5 Å². The molecule has 0 atom stereocenters. The molecular formula is C22H21FN4O3. The highest BCUT2D eigenvalue weighted by Gasteiger charge is 2.15. The molecule has 1 N–H and O–H groups in total. The van der Waals surface area contributed by atoms with Crippen LogP contribution in [0.5, 0.6) is 11.5 Å². The molecule has 3 aromatic rings. The minimum atomic E-state index is -0.546. The molecule has 2 aromatic heterocycles. The van der Waals surface area contributed by atoms with Crippen LogP contribution in [0.1, 0.15) is 32.1 Å². The smallest absolute Gasteiger partial charge is 0.271 e. The average molecular weight is 408 g/mol. The topological polar surface area (TPSA) is 84.4 Å². The van der Waals surface area contributed by atoms with Crippen molar-refractivity contribution < 1.29 is 18.7 Å². The molecule has 0 bridgehead atoms. The number of nitrogens with zero attached hydrogens (tertiary/aromatic N) is 3. The number of nitrogens with one attached hydrogen (secondary N) is 1. The van der Waals surface area contributed by atoms with Gasteiger partial charge in [-0.1, -0.05) is 6.07 Å². The zero-order chi connectivity index (χ0) is 21.7. The largest absolute Gasteiger partial charge is 0.453 e. The van der Waals surface area contributed by atoms with Crippen molar-refractivity contribution in [3.05, 3.63) is 83.2 Å². The lowest BCUT2D eigenvalue weighted by Crippen LogP contribution is -2.26. The fourth-order valence-corrected chi connectivity index (χ4v) is 2.70. The van der Waals surface area contributed by atoms with Gasteiger partial charge in [-0.15, -0.1) is 0 Å². The quantitative estimate of drug-likeness (QED) is 0.676. The van der Waals surface area contributed by atoms with E-state index >= 15 is 0 Å². The van der Waals surface area contributed by atoms with Gasteiger partial charge in [-0.25, -0.2) is 9.37 Å². The Hall–Kier alpha value is -3.81. The number of pyridine rings is 2. The van der Waals surface area contributed by atoms with Gasteiger partial charge in [-0.3, -0.25) is 14.6 Å². The molecule has 1 aromatic carbocycles. The number of ether oxygens (including phenoxy) is 1. The van der Waals surface area contributed by atoms with Gasteiger partial charge in [-0.05, 0) is 48.9 Å². The van der Waals surface area contributed by atoms with E-state index in [9.17, 15) is 14.0 Å². The molecule has 0 aliphatic heterocycles. The summed E-state index contributed by atoms with van der Waals surface area (Å²) in [5.41, 5.74) is 1.62. The standard InChI is InChI=1S/C22H21FN4O3/c1-14-17(7-8-19(26-14)22(29)27(2)3)21(28)25-12-15-6-9-20(18(23)11-15)30-16-5-4-10-24-13-16/h4-11,13H,12H2,1-3H3,(H,25,28). The highest BCUT2D eigenvalue weighted by atomic mass is 19.1. The summed E-state index contributed by atoms with van der Waals surface area (Å²) in [5.74, 6) is -0.653. The lowest BCUT2D eigenvalue weighted by atomic mass is 10.1. The van der Waals surface area contributed by atoms with Crippen molar-refractivity contribution in [3.63, 3.8) is 0 Å². The molecule has 0 aliphatic rings. The maximum Gasteiger partial charge on any atom is 0.271 e. The van der Waals surface area contributed by atoms with Crippen LogP contribution in [0.4, 0.5) is 4.39 Å². The molecule has 7 nitrogen and oxygen atoms in total. The van der Waals surface area contributed by atoms with Crippen LogP contribution in [0.2, 0.25) is 0 Å². The number of benzene rings is 1. The lowest BCUT2D eigenvalue weighted by molar-refractivity contribution is 0.0820. The maximum absolute atomic E-state index is 14.3. The van der Waals surface area contributed by atoms with Crippen molar-refractivity contribution in [2.45, 2.75) is 13.5 Å². The van der Waals surface area contributed by atoms with Gasteiger partial charge in [0, 0.05) is 26.8 Å². The first-order valence-corrected chi connectivity index (χ1v) is 9.19. The summed E-state index contributed by atoms with van der Waals surface area (Å²) < 4.78 is 19.8. The molecule has 2 amide bonds. The third-order valence-corrected chi connectivity index (χ3v) is 4.27. The molecular weight excluding hydrogens is 387 g/mol. The molecule has 0 spiro atoms. The molecule has 8 heteroatoms. The molecule has 0 fully saturated rings. The summed E-state index contributed by atoms with van der Waals surface area (Å²) >= 11 is 0. The second-order valence-electron chi connectivity index (χ2n) is 6.77. The number of rotatable bonds is 6. The van der Waals surface area contributed by atoms with Gasteiger partial charge in [0.15, 0.2) is 11.6 Å². The molecule has 30 heavy (non-hydrogen) atoms. The van der Waals surface area contributed by atoms with E-state index in [0.717, 1.165) is 0 Å². The number of carbonyl (C=O) groups is 2. The van der Waals surface area contributed by atoms with Crippen LogP contribution in [0.3, 0.4) is 0 Å². The van der Waals surface area contributed by atoms with Crippen LogP contribution in [0.15, 0.2) is 54.9 Å². The van der Waals surface area contributed by atoms with Crippen molar-refractivity contribution in [3.8, 4) is 11.5 Å². The summed E-state index contributed by atoms with van der Waals surface area (Å²) in [6.45, 7) is 1.78. The number of aryl methyl sites for hydroxylation is 1. The summed E-state index contributed by atoms with van der Waals surface area (Å²) in [7, 11) is 3.26. The molecule has 3 rings (SSSR count). The van der Waals surface area contributed by atoms with Crippen molar-refractivity contribution in [1.29, 1.82) is 0 Å². The zero-order valence-corrected chi connectivity index (χ0v) is 16.8. The molecule has 0 unspecified atom stereocenters. The Bertz CT molecular complexity index is 1070. The van der Waals surface area contributed by atoms with Crippen molar-refractivity contribution in [2.24, 2.45) is 0 Å². The predicted molar refractivity (Wildman–Crippen MR) is 109 cm³/mol. The van der Waals surface area contributed by atoms with Crippen molar-refractivity contribution >= 4 is 11.8 Å². The van der Waals surface area contributed by atoms with E-state index in [2.05, 4.69) is 15.3 Å². The van der Waals surface area contributed by atoms with Gasteiger partial charge >= 0.3 is 0 Å². The Labute approximate surface area is 173 Å². The number of halogens is 1. The Balaban J connectivity index is 1.64. The summed E-state index contributed by atoms with van der Waals surface area (Å²) in [6, 6.07) is 10.9. The van der Waals surface area contributed by atoms with E-state index in [1.807, 2.05) is 0 Å². The number of hydrogen-bond donors (Lipinski definition) is 1. The minimum absolute atomic E-state index is 0.0688. The predicted octanol–water partition coefficient (Wildman–Crippen LogP) is 3.35. The summed E-state index contributed by atoms with van der Waals surface area (Å²) in [4.78, 5) is 34.0. The molecule has 154 valence electrons. The van der Waals surface area contributed by atoms with Gasteiger partial charge in [-0.2, -0.15) is 0 Å². The number of carbonyl (C=O) groups excluding carboxylic acids is 2. The second-order valence-corrected chi connectivity index (χ2v) is 6.77. The van der Waals surface area contributed by atoms with Gasteiger partial charge < -0.3 is 15.0 Å². The van der Waals surface area contributed by atoms with Gasteiger partial charge in [0.05, 0.1) is 17.5 Å². The van der Waals surface area contributed by atoms with Gasteiger partial charge in [0.1, 0.15) is 11.4 Å². The molecule has 2 heterocycles. The fraction of sp³-hybridized carbons (Fsp3) is 0.182. The van der Waals surface area contributed by atoms with Crippen LogP contribution in [-0.4, -0.2) is 40.8 Å². The van der Waals surface area contributed by atoms with Crippen LogP contribution >= 0.6 is 0 Å². The Kier molecular flexibility index (Phi) is 6.36. The third kappa shape index (κ3) is 4.96. The van der Waals surface area contributed by atoms with Crippen molar-refractivity contribution in [2.75, 3.05) is 14.1 Å². The van der Waals surface area contributed by atoms with Gasteiger partial charge in [0.25, 0.3) is 11.8 Å². The van der Waals surface area contributed by atoms with Gasteiger partial charge in [0.2, 0.25) is 0 Å². The molecule has 0 saturated carbocycles. The van der Waals surface area contributed by atoms with E-state index < -0.39 is 5.82 Å². The fourth-order valence-electron chi connectivity index (χ4n) is 2.70. The van der Waals surface area contributed by atoms with Crippen molar-refractivity contribution in [1.82, 2.24) is 20.2 Å². The summed E-state index contributed by atoms with van der Waals surface area (Å²) in [6.07, 6.45) is 3.08. The first-order valence-electron chi connectivity index (χ1n) is 9.19. The highest BCUT2D eigenvalue weighted by Crippen LogP contribution is 2.24. The van der Waals surface area contributed by atoms with E-state index in [4.69, 9.17) is 4.74 Å². The monoisotopic (exact) mass is 408 g/mol. The minimum Gasteiger partial charge on any atom is -0.453 e. The maximum atomic E-state index is 14.3. The molecule has 0 saturated heterocycles. The van der Waals surface area contributed by atoms with E-state index in [0.29, 0.717) is 22.6 Å². The zero-order valence-electron chi connectivity index (χ0n) is 16.8. The lowest BCUT2D eigenvalue weighted by Gasteiger charge is -2.12. The Morgan fingerprint density at radius 1 is 1.17 bits per heavy atom. The number of amides is 2. The van der Waals surface area contributed by atoms with E-state index in [-0.39, 0.29) is 29.8 Å². The highest BCUT2D eigenvalue weighted by molar-refractivity contribution is 5.97. The SMILES string of the molecule is Cc1nc(C(=O)N(C)C)ccc1C(=O)NCc1ccc(Oc2cccnc2)c(F)c1. The van der Waals surface area contributed by atoms with Crippen LogP contribution in [-0.2, 0) is 6.54 Å². The summed E-state index contributed by atoms with van der Waals surface area (Å²) in [5, 5.41) is 2.73. The van der Waals surface area contributed by atoms with Crippen LogP contribution in [0.25, 0.3) is 0 Å². The van der Waals surface area contributed by atoms with Crippen LogP contribution in [0, 0.1) is 12.7 Å². The van der Waals surface area contributed by atoms with Crippen LogP contribution < -0.4 is 10.1 Å². The second kappa shape index (κ2) is 9.13. The Morgan fingerprint density at radius 3 is 2.60 bits per heavy atom. The average Bonchev–Trinajstić information content (AvgIpc) is 2.73. The number of hydrogen-bond acceptors (Lipinski definition) is 5. The molecule has 0 radical (unpaired) electrons. The molecule has 0 aliphatic carbocycles. The first-order chi connectivity index (χ1) is 14.3. The third-order valence-electron chi connectivity index (χ3n) is 4.27. The normalized spacial score (nSPS) is 10.4. The first kappa shape index (κ1) is 20.9. The van der Waals surface area contributed by atoms with E-state index in [1.165, 1.54) is 29.3 Å².